The SMILES string of the molecule is CCCNc1snnc1CN(C)c1cccc(F)c1. The number of hydrogen-bond acceptors (Lipinski definition) is 5. The van der Waals surface area contributed by atoms with Gasteiger partial charge in [0.05, 0.1) is 6.54 Å². The van der Waals surface area contributed by atoms with Crippen molar-refractivity contribution in [2.75, 3.05) is 23.8 Å². The average molecular weight is 280 g/mol. The van der Waals surface area contributed by atoms with Crippen molar-refractivity contribution in [2.24, 2.45) is 0 Å². The normalized spacial score (nSPS) is 10.5. The third-order valence-electron chi connectivity index (χ3n) is 2.73. The predicted octanol–water partition coefficient (Wildman–Crippen LogP) is 3.14. The van der Waals surface area contributed by atoms with Crippen LogP contribution in [0.1, 0.15) is 19.0 Å². The molecule has 0 aliphatic carbocycles. The lowest BCUT2D eigenvalue weighted by molar-refractivity contribution is 0.627. The van der Waals surface area contributed by atoms with E-state index in [9.17, 15) is 4.39 Å². The van der Waals surface area contributed by atoms with Gasteiger partial charge in [-0.1, -0.05) is 17.5 Å². The second kappa shape index (κ2) is 6.47. The summed E-state index contributed by atoms with van der Waals surface area (Å²) in [6.07, 6.45) is 1.05. The number of halogens is 1. The second-order valence-corrected chi connectivity index (χ2v) is 5.07. The van der Waals surface area contributed by atoms with Gasteiger partial charge in [-0.15, -0.1) is 5.10 Å². The van der Waals surface area contributed by atoms with Crippen molar-refractivity contribution >= 4 is 22.2 Å². The van der Waals surface area contributed by atoms with Gasteiger partial charge < -0.3 is 10.2 Å². The van der Waals surface area contributed by atoms with E-state index in [1.807, 2.05) is 18.0 Å². The standard InChI is InChI=1S/C13H17FN4S/c1-3-7-15-13-12(16-17-19-13)9-18(2)11-6-4-5-10(14)8-11/h4-6,8,15H,3,7,9H2,1-2H3. The summed E-state index contributed by atoms with van der Waals surface area (Å²) in [4.78, 5) is 1.96. The van der Waals surface area contributed by atoms with Crippen molar-refractivity contribution in [2.45, 2.75) is 19.9 Å². The number of nitrogens with one attached hydrogen (secondary N) is 1. The summed E-state index contributed by atoms with van der Waals surface area (Å²) in [5.41, 5.74) is 1.72. The van der Waals surface area contributed by atoms with Gasteiger partial charge in [-0.25, -0.2) is 4.39 Å². The molecular weight excluding hydrogens is 263 g/mol. The highest BCUT2D eigenvalue weighted by atomic mass is 32.1. The molecule has 1 aromatic carbocycles. The molecule has 0 saturated heterocycles. The molecular formula is C13H17FN4S. The Bertz CT molecular complexity index is 529. The zero-order valence-corrected chi connectivity index (χ0v) is 11.9. The van der Waals surface area contributed by atoms with Crippen LogP contribution in [-0.4, -0.2) is 23.2 Å². The van der Waals surface area contributed by atoms with E-state index >= 15 is 0 Å². The molecule has 1 aromatic heterocycles. The highest BCUT2D eigenvalue weighted by Crippen LogP contribution is 2.22. The van der Waals surface area contributed by atoms with E-state index in [-0.39, 0.29) is 5.82 Å². The Labute approximate surface area is 116 Å². The highest BCUT2D eigenvalue weighted by Gasteiger charge is 2.11. The maximum atomic E-state index is 13.2. The fourth-order valence-corrected chi connectivity index (χ4v) is 2.31. The second-order valence-electron chi connectivity index (χ2n) is 4.31. The summed E-state index contributed by atoms with van der Waals surface area (Å²) in [5, 5.41) is 8.42. The monoisotopic (exact) mass is 280 g/mol. The molecule has 19 heavy (non-hydrogen) atoms. The summed E-state index contributed by atoms with van der Waals surface area (Å²) in [5.74, 6) is -0.231. The Morgan fingerprint density at radius 3 is 3.00 bits per heavy atom. The van der Waals surface area contributed by atoms with Gasteiger partial charge in [0.15, 0.2) is 0 Å². The Kier molecular flexibility index (Phi) is 4.68. The lowest BCUT2D eigenvalue weighted by Gasteiger charge is -2.18. The first kappa shape index (κ1) is 13.7. The van der Waals surface area contributed by atoms with Crippen molar-refractivity contribution in [1.29, 1.82) is 0 Å². The van der Waals surface area contributed by atoms with Crippen molar-refractivity contribution in [3.05, 3.63) is 35.8 Å². The third-order valence-corrected chi connectivity index (χ3v) is 3.45. The van der Waals surface area contributed by atoms with Gasteiger partial charge in [-0.2, -0.15) is 0 Å². The maximum absolute atomic E-state index is 13.2. The van der Waals surface area contributed by atoms with Gasteiger partial charge in [0.25, 0.3) is 0 Å². The van der Waals surface area contributed by atoms with Crippen LogP contribution in [0.4, 0.5) is 15.1 Å². The van der Waals surface area contributed by atoms with Gasteiger partial charge in [-0.3, -0.25) is 0 Å². The van der Waals surface area contributed by atoms with Crippen LogP contribution >= 0.6 is 11.5 Å². The van der Waals surface area contributed by atoms with Crippen LogP contribution in [0.2, 0.25) is 0 Å². The number of aromatic nitrogens is 2. The van der Waals surface area contributed by atoms with E-state index in [1.165, 1.54) is 23.7 Å². The third kappa shape index (κ3) is 3.64. The molecule has 1 heterocycles. The van der Waals surface area contributed by atoms with Gasteiger partial charge in [-0.05, 0) is 24.6 Å². The molecule has 0 radical (unpaired) electrons. The summed E-state index contributed by atoms with van der Waals surface area (Å²) in [6, 6.07) is 6.54. The maximum Gasteiger partial charge on any atom is 0.135 e. The van der Waals surface area contributed by atoms with Crippen LogP contribution in [0.15, 0.2) is 24.3 Å². The van der Waals surface area contributed by atoms with Crippen molar-refractivity contribution in [3.8, 4) is 0 Å². The number of benzene rings is 1. The van der Waals surface area contributed by atoms with Gasteiger partial charge in [0.1, 0.15) is 16.5 Å². The van der Waals surface area contributed by atoms with Gasteiger partial charge in [0.2, 0.25) is 0 Å². The Morgan fingerprint density at radius 2 is 2.26 bits per heavy atom. The molecule has 0 atom stereocenters. The van der Waals surface area contributed by atoms with E-state index in [0.29, 0.717) is 6.54 Å². The topological polar surface area (TPSA) is 41.1 Å². The molecule has 0 saturated carbocycles. The molecule has 4 nitrogen and oxygen atoms in total. The van der Waals surface area contributed by atoms with Crippen LogP contribution in [0.5, 0.6) is 0 Å². The van der Waals surface area contributed by atoms with E-state index < -0.39 is 0 Å². The number of hydrogen-bond donors (Lipinski definition) is 1. The highest BCUT2D eigenvalue weighted by molar-refractivity contribution is 7.10. The molecule has 0 fully saturated rings. The first-order valence-electron chi connectivity index (χ1n) is 6.22. The molecule has 2 aromatic rings. The molecule has 0 amide bonds. The van der Waals surface area contributed by atoms with E-state index in [2.05, 4.69) is 21.8 Å². The van der Waals surface area contributed by atoms with Crippen LogP contribution in [0.3, 0.4) is 0 Å². The van der Waals surface area contributed by atoms with Crippen LogP contribution in [0.25, 0.3) is 0 Å². The number of anilines is 2. The molecule has 0 bridgehead atoms. The summed E-state index contributed by atoms with van der Waals surface area (Å²) in [6.45, 7) is 3.62. The molecule has 0 unspecified atom stereocenters. The van der Waals surface area contributed by atoms with Crippen LogP contribution in [0, 0.1) is 5.82 Å². The summed E-state index contributed by atoms with van der Waals surface area (Å²) >= 11 is 1.36. The lowest BCUT2D eigenvalue weighted by atomic mass is 10.3. The largest absolute Gasteiger partial charge is 0.374 e. The zero-order chi connectivity index (χ0) is 13.7. The molecule has 0 aliphatic heterocycles. The minimum atomic E-state index is -0.231. The van der Waals surface area contributed by atoms with E-state index in [0.717, 1.165) is 29.3 Å². The number of rotatable bonds is 6. The van der Waals surface area contributed by atoms with Crippen LogP contribution < -0.4 is 10.2 Å². The smallest absolute Gasteiger partial charge is 0.135 e. The van der Waals surface area contributed by atoms with E-state index in [1.54, 1.807) is 6.07 Å². The summed E-state index contributed by atoms with van der Waals surface area (Å²) in [7, 11) is 1.91. The van der Waals surface area contributed by atoms with Gasteiger partial charge in [0, 0.05) is 30.8 Å². The molecule has 0 aliphatic rings. The quantitative estimate of drug-likeness (QED) is 0.882. The van der Waals surface area contributed by atoms with Crippen molar-refractivity contribution in [1.82, 2.24) is 9.59 Å². The van der Waals surface area contributed by atoms with Crippen molar-refractivity contribution in [3.63, 3.8) is 0 Å². The molecule has 1 N–H and O–H groups in total. The first-order valence-corrected chi connectivity index (χ1v) is 7.00. The minimum absolute atomic E-state index is 0.231. The Morgan fingerprint density at radius 1 is 1.42 bits per heavy atom. The van der Waals surface area contributed by atoms with Crippen LogP contribution in [-0.2, 0) is 6.54 Å². The predicted molar refractivity (Wildman–Crippen MR) is 77.2 cm³/mol. The molecule has 0 spiro atoms. The summed E-state index contributed by atoms with van der Waals surface area (Å²) < 4.78 is 17.2. The molecule has 6 heteroatoms. The fraction of sp³-hybridized carbons (Fsp3) is 0.385. The molecule has 2 rings (SSSR count). The van der Waals surface area contributed by atoms with E-state index in [4.69, 9.17) is 0 Å². The first-order chi connectivity index (χ1) is 9.20. The minimum Gasteiger partial charge on any atom is -0.374 e. The molecule has 102 valence electrons. The zero-order valence-electron chi connectivity index (χ0n) is 11.1. The van der Waals surface area contributed by atoms with Gasteiger partial charge >= 0.3 is 0 Å². The Hall–Kier alpha value is -1.69. The fourth-order valence-electron chi connectivity index (χ4n) is 1.71. The average Bonchev–Trinajstić information content (AvgIpc) is 2.83. The van der Waals surface area contributed by atoms with Crippen molar-refractivity contribution < 1.29 is 4.39 Å². The number of nitrogens with zero attached hydrogens (tertiary/aromatic N) is 3. The lowest BCUT2D eigenvalue weighted by Crippen LogP contribution is -2.17. The Balaban J connectivity index is 2.06.